The Hall–Kier alpha value is -2.12. The van der Waals surface area contributed by atoms with Crippen molar-refractivity contribution in [2.45, 2.75) is 6.10 Å². The summed E-state index contributed by atoms with van der Waals surface area (Å²) in [5, 5.41) is 23.8. The van der Waals surface area contributed by atoms with Gasteiger partial charge in [0, 0.05) is 13.1 Å². The molecule has 102 valence electrons. The third-order valence-electron chi connectivity index (χ3n) is 2.71. The second-order valence-corrected chi connectivity index (χ2v) is 4.09. The number of rotatable bonds is 3. The lowest BCUT2D eigenvalue weighted by molar-refractivity contribution is -0.128. The van der Waals surface area contributed by atoms with E-state index >= 15 is 0 Å². The molecule has 0 aliphatic carbocycles. The Labute approximate surface area is 109 Å². The van der Waals surface area contributed by atoms with Gasteiger partial charge in [0.1, 0.15) is 11.9 Å². The van der Waals surface area contributed by atoms with Crippen molar-refractivity contribution in [3.63, 3.8) is 0 Å². The van der Waals surface area contributed by atoms with Crippen LogP contribution in [-0.4, -0.2) is 47.9 Å². The number of carbonyl (C=O) groups is 2. The van der Waals surface area contributed by atoms with E-state index < -0.39 is 18.0 Å². The average molecular weight is 266 g/mol. The molecule has 2 rings (SSSR count). The van der Waals surface area contributed by atoms with Gasteiger partial charge in [0.15, 0.2) is 0 Å². The third-order valence-corrected chi connectivity index (χ3v) is 2.71. The Morgan fingerprint density at radius 1 is 1.42 bits per heavy atom. The number of carbonyl (C=O) groups excluding carboxylic acids is 1. The molecule has 1 unspecified atom stereocenters. The minimum Gasteiger partial charge on any atom is -0.508 e. The number of phenols is 1. The van der Waals surface area contributed by atoms with Gasteiger partial charge in [0.25, 0.3) is 5.91 Å². The first-order chi connectivity index (χ1) is 9.08. The van der Waals surface area contributed by atoms with Crippen LogP contribution in [-0.2, 0) is 9.53 Å². The fraction of sp³-hybridized carbons (Fsp3) is 0.333. The monoisotopic (exact) mass is 266 g/mol. The molecule has 1 aliphatic rings. The summed E-state index contributed by atoms with van der Waals surface area (Å²) in [4.78, 5) is 22.9. The maximum absolute atomic E-state index is 11.9. The van der Waals surface area contributed by atoms with Gasteiger partial charge in [0.2, 0.25) is 0 Å². The highest BCUT2D eigenvalue weighted by Crippen LogP contribution is 2.21. The molecule has 7 nitrogen and oxygen atoms in total. The van der Waals surface area contributed by atoms with Crippen LogP contribution in [0.5, 0.6) is 5.75 Å². The second kappa shape index (κ2) is 5.68. The van der Waals surface area contributed by atoms with Crippen molar-refractivity contribution >= 4 is 17.6 Å². The molecule has 0 radical (unpaired) electrons. The molecule has 0 spiro atoms. The van der Waals surface area contributed by atoms with Crippen LogP contribution >= 0.6 is 0 Å². The summed E-state index contributed by atoms with van der Waals surface area (Å²) < 4.78 is 5.26. The average Bonchev–Trinajstić information content (AvgIpc) is 2.41. The van der Waals surface area contributed by atoms with Crippen LogP contribution < -0.4 is 10.6 Å². The maximum atomic E-state index is 11.9. The number of anilines is 1. The zero-order valence-electron chi connectivity index (χ0n) is 10.0. The van der Waals surface area contributed by atoms with E-state index in [1.807, 2.05) is 0 Å². The predicted octanol–water partition coefficient (Wildman–Crippen LogP) is 0.0173. The number of hydrogen-bond donors (Lipinski definition) is 4. The van der Waals surface area contributed by atoms with Crippen LogP contribution in [0.2, 0.25) is 0 Å². The Morgan fingerprint density at radius 2 is 2.21 bits per heavy atom. The number of amides is 1. The topological polar surface area (TPSA) is 108 Å². The fourth-order valence-corrected chi connectivity index (χ4v) is 1.77. The summed E-state index contributed by atoms with van der Waals surface area (Å²) in [7, 11) is 0. The van der Waals surface area contributed by atoms with Crippen molar-refractivity contribution in [3.05, 3.63) is 23.8 Å². The Morgan fingerprint density at radius 3 is 2.84 bits per heavy atom. The van der Waals surface area contributed by atoms with E-state index in [0.717, 1.165) is 6.07 Å². The first-order valence-electron chi connectivity index (χ1n) is 5.77. The number of ether oxygens (including phenoxy) is 1. The van der Waals surface area contributed by atoms with Crippen molar-refractivity contribution in [2.75, 3.05) is 25.0 Å². The summed E-state index contributed by atoms with van der Waals surface area (Å²) >= 11 is 0. The van der Waals surface area contributed by atoms with Gasteiger partial charge in [-0.15, -0.1) is 0 Å². The minimum absolute atomic E-state index is 0.129. The van der Waals surface area contributed by atoms with E-state index in [1.165, 1.54) is 12.1 Å². The molecule has 1 aliphatic heterocycles. The highest BCUT2D eigenvalue weighted by atomic mass is 16.5. The summed E-state index contributed by atoms with van der Waals surface area (Å²) in [6.07, 6.45) is -0.649. The van der Waals surface area contributed by atoms with Crippen LogP contribution in [0.25, 0.3) is 0 Å². The lowest BCUT2D eigenvalue weighted by Gasteiger charge is -2.23. The van der Waals surface area contributed by atoms with Crippen LogP contribution in [0.4, 0.5) is 5.69 Å². The summed E-state index contributed by atoms with van der Waals surface area (Å²) in [6.45, 7) is 1.50. The molecule has 0 bridgehead atoms. The smallest absolute Gasteiger partial charge is 0.337 e. The molecule has 0 saturated carbocycles. The van der Waals surface area contributed by atoms with Gasteiger partial charge in [-0.2, -0.15) is 0 Å². The molecule has 1 atom stereocenters. The number of hydrogen-bond acceptors (Lipinski definition) is 5. The Bertz CT molecular complexity index is 497. The van der Waals surface area contributed by atoms with E-state index in [9.17, 15) is 14.7 Å². The van der Waals surface area contributed by atoms with Crippen molar-refractivity contribution in [1.82, 2.24) is 5.32 Å². The molecule has 4 N–H and O–H groups in total. The Balaban J connectivity index is 2.13. The van der Waals surface area contributed by atoms with Gasteiger partial charge in [-0.25, -0.2) is 4.79 Å². The first kappa shape index (κ1) is 13.3. The minimum atomic E-state index is -1.23. The standard InChI is InChI=1S/C12H14N2O5/c15-7-1-2-9(8(5-7)12(17)18)14-11(16)10-6-13-3-4-19-10/h1-2,5,10,13,15H,3-4,6H2,(H,14,16)(H,17,18). The van der Waals surface area contributed by atoms with E-state index in [4.69, 9.17) is 9.84 Å². The largest absolute Gasteiger partial charge is 0.508 e. The zero-order valence-corrected chi connectivity index (χ0v) is 10.0. The molecule has 19 heavy (non-hydrogen) atoms. The van der Waals surface area contributed by atoms with E-state index in [0.29, 0.717) is 19.7 Å². The van der Waals surface area contributed by atoms with Gasteiger partial charge < -0.3 is 25.6 Å². The molecular formula is C12H14N2O5. The lowest BCUT2D eigenvalue weighted by atomic mass is 10.1. The number of aromatic hydroxyl groups is 1. The highest BCUT2D eigenvalue weighted by Gasteiger charge is 2.23. The molecule has 7 heteroatoms. The zero-order chi connectivity index (χ0) is 13.8. The normalized spacial score (nSPS) is 18.8. The molecule has 1 aromatic carbocycles. The van der Waals surface area contributed by atoms with Crippen LogP contribution in [0.1, 0.15) is 10.4 Å². The van der Waals surface area contributed by atoms with E-state index in [-0.39, 0.29) is 17.0 Å². The van der Waals surface area contributed by atoms with Crippen LogP contribution in [0.3, 0.4) is 0 Å². The van der Waals surface area contributed by atoms with Gasteiger partial charge in [-0.1, -0.05) is 0 Å². The maximum Gasteiger partial charge on any atom is 0.337 e. The van der Waals surface area contributed by atoms with Gasteiger partial charge in [0.05, 0.1) is 17.9 Å². The molecule has 1 saturated heterocycles. The van der Waals surface area contributed by atoms with E-state index in [2.05, 4.69) is 10.6 Å². The van der Waals surface area contributed by atoms with Gasteiger partial charge in [-0.05, 0) is 18.2 Å². The summed E-state index contributed by atoms with van der Waals surface area (Å²) in [5.41, 5.74) is -0.0402. The summed E-state index contributed by atoms with van der Waals surface area (Å²) in [5.74, 6) is -1.82. The number of nitrogens with one attached hydrogen (secondary N) is 2. The Kier molecular flexibility index (Phi) is 3.98. The number of morpholine rings is 1. The number of benzene rings is 1. The van der Waals surface area contributed by atoms with Crippen molar-refractivity contribution in [2.24, 2.45) is 0 Å². The molecule has 0 aromatic heterocycles. The molecule has 1 aromatic rings. The lowest BCUT2D eigenvalue weighted by Crippen LogP contribution is -2.45. The van der Waals surface area contributed by atoms with Gasteiger partial charge >= 0.3 is 5.97 Å². The second-order valence-electron chi connectivity index (χ2n) is 4.09. The number of phenolic OH excluding ortho intramolecular Hbond substituents is 1. The SMILES string of the molecule is O=C(O)c1cc(O)ccc1NC(=O)C1CNCCO1. The first-order valence-corrected chi connectivity index (χ1v) is 5.77. The molecule has 1 amide bonds. The molecule has 1 fully saturated rings. The van der Waals surface area contributed by atoms with E-state index in [1.54, 1.807) is 0 Å². The fourth-order valence-electron chi connectivity index (χ4n) is 1.77. The number of aromatic carboxylic acids is 1. The van der Waals surface area contributed by atoms with Crippen molar-refractivity contribution in [1.29, 1.82) is 0 Å². The highest BCUT2D eigenvalue weighted by molar-refractivity contribution is 6.02. The number of carboxylic acid groups (broad SMARTS) is 1. The third kappa shape index (κ3) is 3.21. The van der Waals surface area contributed by atoms with Crippen molar-refractivity contribution in [3.8, 4) is 5.75 Å². The van der Waals surface area contributed by atoms with Crippen LogP contribution in [0.15, 0.2) is 18.2 Å². The molecule has 1 heterocycles. The predicted molar refractivity (Wildman–Crippen MR) is 66.3 cm³/mol. The summed E-state index contributed by atoms with van der Waals surface area (Å²) in [6, 6.07) is 3.73. The quantitative estimate of drug-likeness (QED) is 0.574. The van der Waals surface area contributed by atoms with Gasteiger partial charge in [-0.3, -0.25) is 4.79 Å². The number of carboxylic acids is 1. The molecular weight excluding hydrogens is 252 g/mol. The van der Waals surface area contributed by atoms with Crippen LogP contribution in [0, 0.1) is 0 Å². The van der Waals surface area contributed by atoms with Crippen molar-refractivity contribution < 1.29 is 24.5 Å².